The molecule has 1 aliphatic rings. The largest absolute Gasteiger partial charge is 0.495 e. The summed E-state index contributed by atoms with van der Waals surface area (Å²) in [5.41, 5.74) is 1.43. The summed E-state index contributed by atoms with van der Waals surface area (Å²) in [6.45, 7) is 5.67. The maximum absolute atomic E-state index is 5.42. The third-order valence-electron chi connectivity index (χ3n) is 3.06. The molecule has 0 atom stereocenters. The van der Waals surface area contributed by atoms with Crippen molar-refractivity contribution in [3.63, 3.8) is 0 Å². The first kappa shape index (κ1) is 14.3. The van der Waals surface area contributed by atoms with Gasteiger partial charge in [-0.3, -0.25) is 0 Å². The number of benzene rings is 1. The lowest BCUT2D eigenvalue weighted by Crippen LogP contribution is -2.47. The van der Waals surface area contributed by atoms with Gasteiger partial charge >= 0.3 is 0 Å². The summed E-state index contributed by atoms with van der Waals surface area (Å²) in [6, 6.07) is 4.07. The first-order chi connectivity index (χ1) is 8.54. The average Bonchev–Trinajstić information content (AvgIpc) is 2.26. The van der Waals surface area contributed by atoms with Gasteiger partial charge in [0.05, 0.1) is 24.8 Å². The van der Waals surface area contributed by atoms with Gasteiger partial charge in [-0.05, 0) is 28.1 Å². The maximum atomic E-state index is 5.42. The second-order valence-electron chi connectivity index (χ2n) is 4.99. The van der Waals surface area contributed by atoms with Gasteiger partial charge in [0.1, 0.15) is 5.75 Å². The van der Waals surface area contributed by atoms with E-state index in [9.17, 15) is 0 Å². The minimum absolute atomic E-state index is 0.288. The third-order valence-corrected chi connectivity index (χ3v) is 4.10. The second kappa shape index (κ2) is 5.90. The molecular weight excluding hydrogens is 362 g/mol. The van der Waals surface area contributed by atoms with Crippen LogP contribution in [0.5, 0.6) is 5.75 Å². The molecule has 5 heteroatoms. The van der Waals surface area contributed by atoms with E-state index in [1.807, 2.05) is 6.07 Å². The molecular formula is C13H17Br2NO2. The first-order valence-electron chi connectivity index (χ1n) is 5.84. The molecule has 0 bridgehead atoms. The summed E-state index contributed by atoms with van der Waals surface area (Å²) >= 11 is 7.01. The van der Waals surface area contributed by atoms with Gasteiger partial charge in [0.15, 0.2) is 0 Å². The van der Waals surface area contributed by atoms with E-state index in [0.29, 0.717) is 0 Å². The van der Waals surface area contributed by atoms with Crippen molar-refractivity contribution >= 4 is 31.9 Å². The highest BCUT2D eigenvalue weighted by molar-refractivity contribution is 9.11. The monoisotopic (exact) mass is 377 g/mol. The van der Waals surface area contributed by atoms with E-state index in [0.717, 1.165) is 46.6 Å². The number of methoxy groups -OCH3 is 1. The third kappa shape index (κ3) is 3.26. The lowest BCUT2D eigenvalue weighted by Gasteiger charge is -2.38. The lowest BCUT2D eigenvalue weighted by atomic mass is 9.89. The number of nitrogens with one attached hydrogen (secondary N) is 1. The molecule has 0 amide bonds. The summed E-state index contributed by atoms with van der Waals surface area (Å²) in [4.78, 5) is 0. The van der Waals surface area contributed by atoms with E-state index in [1.165, 1.54) is 0 Å². The number of hydrogen-bond donors (Lipinski definition) is 1. The highest BCUT2D eigenvalue weighted by atomic mass is 79.9. The molecule has 1 aliphatic heterocycles. The van der Waals surface area contributed by atoms with Crippen LogP contribution < -0.4 is 10.1 Å². The van der Waals surface area contributed by atoms with Gasteiger partial charge in [0, 0.05) is 28.5 Å². The van der Waals surface area contributed by atoms with Crippen molar-refractivity contribution in [1.29, 1.82) is 0 Å². The van der Waals surface area contributed by atoms with E-state index >= 15 is 0 Å². The topological polar surface area (TPSA) is 30.5 Å². The second-order valence-corrected chi connectivity index (χ2v) is 6.76. The van der Waals surface area contributed by atoms with Crippen molar-refractivity contribution in [1.82, 2.24) is 5.32 Å². The van der Waals surface area contributed by atoms with Gasteiger partial charge in [-0.25, -0.2) is 0 Å². The Balaban J connectivity index is 1.99. The summed E-state index contributed by atoms with van der Waals surface area (Å²) < 4.78 is 12.7. The van der Waals surface area contributed by atoms with Gasteiger partial charge in [-0.15, -0.1) is 0 Å². The fourth-order valence-electron chi connectivity index (χ4n) is 2.03. The van der Waals surface area contributed by atoms with E-state index in [-0.39, 0.29) is 5.41 Å². The Kier molecular flexibility index (Phi) is 4.69. The SMILES string of the molecule is COc1c(Br)cc(Br)cc1CNCC1(C)COC1. The van der Waals surface area contributed by atoms with Gasteiger partial charge in [-0.1, -0.05) is 22.9 Å². The Morgan fingerprint density at radius 2 is 2.11 bits per heavy atom. The van der Waals surface area contributed by atoms with Crippen LogP contribution in [0.2, 0.25) is 0 Å². The first-order valence-corrected chi connectivity index (χ1v) is 7.43. The normalized spacial score (nSPS) is 17.3. The molecule has 0 saturated carbocycles. The number of rotatable bonds is 5. The van der Waals surface area contributed by atoms with E-state index in [4.69, 9.17) is 9.47 Å². The molecule has 1 aromatic rings. The van der Waals surface area contributed by atoms with Crippen LogP contribution in [0.3, 0.4) is 0 Å². The Morgan fingerprint density at radius 3 is 2.67 bits per heavy atom. The van der Waals surface area contributed by atoms with Crippen LogP contribution in [0.25, 0.3) is 0 Å². The molecule has 1 aromatic carbocycles. The molecule has 2 rings (SSSR count). The zero-order chi connectivity index (χ0) is 13.2. The number of ether oxygens (including phenoxy) is 2. The van der Waals surface area contributed by atoms with Crippen LogP contribution in [0.4, 0.5) is 0 Å². The van der Waals surface area contributed by atoms with Crippen LogP contribution in [-0.4, -0.2) is 26.9 Å². The lowest BCUT2D eigenvalue weighted by molar-refractivity contribution is -0.0991. The Labute approximate surface area is 124 Å². The maximum Gasteiger partial charge on any atom is 0.137 e. The zero-order valence-corrected chi connectivity index (χ0v) is 13.7. The van der Waals surface area contributed by atoms with Crippen molar-refractivity contribution in [2.45, 2.75) is 13.5 Å². The van der Waals surface area contributed by atoms with E-state index in [1.54, 1.807) is 7.11 Å². The molecule has 18 heavy (non-hydrogen) atoms. The van der Waals surface area contributed by atoms with Crippen LogP contribution in [0, 0.1) is 5.41 Å². The molecule has 100 valence electrons. The standard InChI is InChI=1S/C13H17Br2NO2/c1-13(7-18-8-13)6-16-5-9-3-10(14)4-11(15)12(9)17-2/h3-4,16H,5-8H2,1-2H3. The molecule has 1 heterocycles. The number of halogens is 2. The molecule has 0 radical (unpaired) electrons. The Bertz CT molecular complexity index is 433. The number of hydrogen-bond acceptors (Lipinski definition) is 3. The van der Waals surface area contributed by atoms with Gasteiger partial charge in [0.2, 0.25) is 0 Å². The average molecular weight is 379 g/mol. The van der Waals surface area contributed by atoms with Crippen molar-refractivity contribution < 1.29 is 9.47 Å². The zero-order valence-electron chi connectivity index (χ0n) is 10.6. The summed E-state index contributed by atoms with van der Waals surface area (Å²) in [7, 11) is 1.69. The van der Waals surface area contributed by atoms with Crippen LogP contribution in [0.15, 0.2) is 21.1 Å². The van der Waals surface area contributed by atoms with Crippen molar-refractivity contribution in [2.24, 2.45) is 5.41 Å². The van der Waals surface area contributed by atoms with Crippen LogP contribution in [0.1, 0.15) is 12.5 Å². The fraction of sp³-hybridized carbons (Fsp3) is 0.538. The van der Waals surface area contributed by atoms with Crippen molar-refractivity contribution in [3.05, 3.63) is 26.6 Å². The molecule has 3 nitrogen and oxygen atoms in total. The summed E-state index contributed by atoms with van der Waals surface area (Å²) in [5, 5.41) is 3.47. The van der Waals surface area contributed by atoms with Crippen LogP contribution in [-0.2, 0) is 11.3 Å². The Morgan fingerprint density at radius 1 is 1.39 bits per heavy atom. The van der Waals surface area contributed by atoms with Crippen molar-refractivity contribution in [2.75, 3.05) is 26.9 Å². The highest BCUT2D eigenvalue weighted by Gasteiger charge is 2.32. The minimum atomic E-state index is 0.288. The summed E-state index contributed by atoms with van der Waals surface area (Å²) in [5.74, 6) is 0.890. The van der Waals surface area contributed by atoms with E-state index in [2.05, 4.69) is 50.2 Å². The minimum Gasteiger partial charge on any atom is -0.495 e. The molecule has 1 N–H and O–H groups in total. The predicted molar refractivity (Wildman–Crippen MR) is 79.0 cm³/mol. The highest BCUT2D eigenvalue weighted by Crippen LogP contribution is 2.33. The van der Waals surface area contributed by atoms with Crippen molar-refractivity contribution in [3.8, 4) is 5.75 Å². The molecule has 0 aliphatic carbocycles. The Hall–Kier alpha value is -0.100. The van der Waals surface area contributed by atoms with Gasteiger partial charge < -0.3 is 14.8 Å². The van der Waals surface area contributed by atoms with Gasteiger partial charge in [0.25, 0.3) is 0 Å². The quantitative estimate of drug-likeness (QED) is 0.852. The molecule has 1 fully saturated rings. The fourth-order valence-corrected chi connectivity index (χ4v) is 3.50. The smallest absolute Gasteiger partial charge is 0.137 e. The van der Waals surface area contributed by atoms with E-state index < -0.39 is 0 Å². The molecule has 1 saturated heterocycles. The van der Waals surface area contributed by atoms with Gasteiger partial charge in [-0.2, -0.15) is 0 Å². The summed E-state index contributed by atoms with van der Waals surface area (Å²) in [6.07, 6.45) is 0. The molecule has 0 unspecified atom stereocenters. The molecule has 0 aromatic heterocycles. The molecule has 0 spiro atoms. The van der Waals surface area contributed by atoms with Crippen LogP contribution >= 0.6 is 31.9 Å². The predicted octanol–water partition coefficient (Wildman–Crippen LogP) is 3.35.